The summed E-state index contributed by atoms with van der Waals surface area (Å²) in [5, 5.41) is 20.3. The van der Waals surface area contributed by atoms with Crippen LogP contribution in [0.25, 0.3) is 16.6 Å². The van der Waals surface area contributed by atoms with Crippen molar-refractivity contribution in [2.75, 3.05) is 5.32 Å². The zero-order valence-corrected chi connectivity index (χ0v) is 15.3. The number of nitrogens with zero attached hydrogens (tertiary/aromatic N) is 4. The number of benzene rings is 1. The summed E-state index contributed by atoms with van der Waals surface area (Å²) in [7, 11) is 0. The van der Waals surface area contributed by atoms with E-state index >= 15 is 0 Å². The number of non-ortho nitro benzene ring substituents is 1. The van der Waals surface area contributed by atoms with E-state index in [4.69, 9.17) is 4.42 Å². The van der Waals surface area contributed by atoms with Crippen LogP contribution < -0.4 is 5.32 Å². The minimum Gasteiger partial charge on any atom is -0.463 e. The molecule has 1 N–H and O–H groups in total. The number of amides is 1. The third kappa shape index (κ3) is 3.40. The molecular weight excluding hydrogens is 382 g/mol. The molecule has 3 aromatic heterocycles. The van der Waals surface area contributed by atoms with Gasteiger partial charge in [0, 0.05) is 29.1 Å². The number of hydrogen-bond donors (Lipinski definition) is 1. The van der Waals surface area contributed by atoms with E-state index in [-0.39, 0.29) is 5.69 Å². The highest BCUT2D eigenvalue weighted by Crippen LogP contribution is 2.27. The molecule has 140 valence electrons. The van der Waals surface area contributed by atoms with Gasteiger partial charge in [-0.05, 0) is 31.2 Å². The van der Waals surface area contributed by atoms with Crippen molar-refractivity contribution < 1.29 is 14.1 Å². The van der Waals surface area contributed by atoms with Gasteiger partial charge in [-0.3, -0.25) is 14.9 Å². The molecule has 28 heavy (non-hydrogen) atoms. The first kappa shape index (κ1) is 17.6. The van der Waals surface area contributed by atoms with Crippen LogP contribution in [0.1, 0.15) is 16.1 Å². The molecule has 4 rings (SSSR count). The second-order valence-electron chi connectivity index (χ2n) is 5.83. The molecular formula is C18H13N5O4S. The second-order valence-corrected chi connectivity index (χ2v) is 6.67. The van der Waals surface area contributed by atoms with Crippen molar-refractivity contribution in [1.29, 1.82) is 0 Å². The highest BCUT2D eigenvalue weighted by atomic mass is 32.1. The number of thiazole rings is 1. The quantitative estimate of drug-likeness (QED) is 0.402. The van der Waals surface area contributed by atoms with Gasteiger partial charge < -0.3 is 9.73 Å². The van der Waals surface area contributed by atoms with Crippen molar-refractivity contribution in [3.8, 4) is 16.6 Å². The third-order valence-corrected chi connectivity index (χ3v) is 4.68. The lowest BCUT2D eigenvalue weighted by Crippen LogP contribution is -2.15. The first-order chi connectivity index (χ1) is 13.5. The van der Waals surface area contributed by atoms with Crippen molar-refractivity contribution in [3.63, 3.8) is 0 Å². The molecule has 0 fully saturated rings. The Bertz CT molecular complexity index is 1150. The van der Waals surface area contributed by atoms with Gasteiger partial charge in [-0.25, -0.2) is 4.98 Å². The summed E-state index contributed by atoms with van der Waals surface area (Å²) < 4.78 is 6.89. The fourth-order valence-corrected chi connectivity index (χ4v) is 3.33. The molecule has 0 spiro atoms. The van der Waals surface area contributed by atoms with Gasteiger partial charge in [-0.2, -0.15) is 9.78 Å². The predicted molar refractivity (Wildman–Crippen MR) is 103 cm³/mol. The number of aromatic nitrogens is 3. The average Bonchev–Trinajstić information content (AvgIpc) is 3.42. The first-order valence-electron chi connectivity index (χ1n) is 8.13. The van der Waals surface area contributed by atoms with Crippen LogP contribution >= 0.6 is 11.3 Å². The van der Waals surface area contributed by atoms with Crippen molar-refractivity contribution in [3.05, 3.63) is 75.5 Å². The Morgan fingerprint density at radius 3 is 2.75 bits per heavy atom. The van der Waals surface area contributed by atoms with Gasteiger partial charge in [0.05, 0.1) is 16.9 Å². The summed E-state index contributed by atoms with van der Waals surface area (Å²) >= 11 is 1.36. The van der Waals surface area contributed by atoms with E-state index in [2.05, 4.69) is 15.4 Å². The van der Waals surface area contributed by atoms with Gasteiger partial charge in [-0.1, -0.05) is 0 Å². The number of nitro benzene ring substituents is 1. The Kier molecular flexibility index (Phi) is 4.45. The van der Waals surface area contributed by atoms with E-state index < -0.39 is 10.8 Å². The number of furan rings is 1. The summed E-state index contributed by atoms with van der Waals surface area (Å²) in [6.07, 6.45) is 1.57. The zero-order chi connectivity index (χ0) is 19.7. The van der Waals surface area contributed by atoms with Crippen LogP contribution in [0.5, 0.6) is 0 Å². The molecule has 10 heteroatoms. The third-order valence-electron chi connectivity index (χ3n) is 3.86. The lowest BCUT2D eigenvalue weighted by molar-refractivity contribution is -0.384. The maximum Gasteiger partial charge on any atom is 0.269 e. The Hall–Kier alpha value is -3.79. The zero-order valence-electron chi connectivity index (χ0n) is 14.5. The molecule has 4 aromatic rings. The van der Waals surface area contributed by atoms with Gasteiger partial charge in [-0.15, -0.1) is 11.3 Å². The van der Waals surface area contributed by atoms with Crippen LogP contribution in [0.4, 0.5) is 11.5 Å². The Morgan fingerprint density at radius 1 is 1.29 bits per heavy atom. The van der Waals surface area contributed by atoms with Crippen LogP contribution in [0.2, 0.25) is 0 Å². The summed E-state index contributed by atoms with van der Waals surface area (Å²) in [5.41, 5.74) is 1.59. The van der Waals surface area contributed by atoms with Gasteiger partial charge in [0.15, 0.2) is 5.76 Å². The molecule has 0 unspecified atom stereocenters. The summed E-state index contributed by atoms with van der Waals surface area (Å²) in [6, 6.07) is 10.7. The van der Waals surface area contributed by atoms with E-state index in [1.165, 1.54) is 40.3 Å². The molecule has 3 heterocycles. The van der Waals surface area contributed by atoms with E-state index in [0.717, 1.165) is 0 Å². The minimum atomic E-state index is -0.515. The molecule has 0 aliphatic carbocycles. The number of carbonyl (C=O) groups excluding carboxylic acids is 1. The summed E-state index contributed by atoms with van der Waals surface area (Å²) in [5.74, 6) is 0.683. The lowest BCUT2D eigenvalue weighted by Gasteiger charge is -2.06. The number of anilines is 1. The van der Waals surface area contributed by atoms with E-state index in [0.29, 0.717) is 33.7 Å². The van der Waals surface area contributed by atoms with Crippen molar-refractivity contribution in [2.24, 2.45) is 0 Å². The molecule has 9 nitrogen and oxygen atoms in total. The first-order valence-corrected chi connectivity index (χ1v) is 9.01. The van der Waals surface area contributed by atoms with Gasteiger partial charge >= 0.3 is 0 Å². The van der Waals surface area contributed by atoms with E-state index in [9.17, 15) is 14.9 Å². The maximum absolute atomic E-state index is 12.5. The van der Waals surface area contributed by atoms with Crippen LogP contribution in [0.3, 0.4) is 0 Å². The van der Waals surface area contributed by atoms with Gasteiger partial charge in [0.1, 0.15) is 11.5 Å². The number of rotatable bonds is 5. The van der Waals surface area contributed by atoms with Crippen molar-refractivity contribution in [2.45, 2.75) is 6.92 Å². The second kappa shape index (κ2) is 7.08. The maximum atomic E-state index is 12.5. The topological polar surface area (TPSA) is 116 Å². The Morgan fingerprint density at radius 2 is 2.07 bits per heavy atom. The highest BCUT2D eigenvalue weighted by Gasteiger charge is 2.16. The van der Waals surface area contributed by atoms with Crippen LogP contribution in [0, 0.1) is 17.0 Å². The normalized spacial score (nSPS) is 10.8. The molecule has 0 saturated carbocycles. The number of hydrogen-bond acceptors (Lipinski definition) is 7. The molecule has 0 saturated heterocycles. The molecule has 0 radical (unpaired) electrons. The van der Waals surface area contributed by atoms with Gasteiger partial charge in [0.2, 0.25) is 5.13 Å². The molecule has 1 amide bonds. The molecule has 1 aromatic carbocycles. The van der Waals surface area contributed by atoms with E-state index in [1.807, 2.05) is 11.4 Å². The van der Waals surface area contributed by atoms with Crippen LogP contribution in [-0.4, -0.2) is 25.6 Å². The summed E-state index contributed by atoms with van der Waals surface area (Å²) in [4.78, 5) is 27.3. The van der Waals surface area contributed by atoms with Crippen LogP contribution in [0.15, 0.2) is 58.5 Å². The molecule has 0 atom stereocenters. The number of carbonyl (C=O) groups is 1. The standard InChI is InChI=1S/C18H13N5O4S/c1-11-9-16(20-17(24)12-4-6-13(7-5-12)23(25)26)22(21-11)18-19-14(10-28-18)15-3-2-8-27-15/h2-10H,1H3,(H,20,24). The van der Waals surface area contributed by atoms with Crippen molar-refractivity contribution in [1.82, 2.24) is 14.8 Å². The van der Waals surface area contributed by atoms with Crippen molar-refractivity contribution >= 4 is 28.7 Å². The lowest BCUT2D eigenvalue weighted by atomic mass is 10.2. The Labute approximate surface area is 162 Å². The van der Waals surface area contributed by atoms with Crippen LogP contribution in [-0.2, 0) is 0 Å². The number of nitro groups is 1. The fraction of sp³-hybridized carbons (Fsp3) is 0.0556. The largest absolute Gasteiger partial charge is 0.463 e. The summed E-state index contributed by atoms with van der Waals surface area (Å²) in [6.45, 7) is 1.80. The average molecular weight is 395 g/mol. The SMILES string of the molecule is Cc1cc(NC(=O)c2ccc([N+](=O)[O-])cc2)n(-c2nc(-c3ccco3)cs2)n1. The molecule has 0 bridgehead atoms. The number of aryl methyl sites for hydroxylation is 1. The highest BCUT2D eigenvalue weighted by molar-refractivity contribution is 7.12. The smallest absolute Gasteiger partial charge is 0.269 e. The molecule has 0 aliphatic heterocycles. The molecule has 0 aliphatic rings. The fourth-order valence-electron chi connectivity index (χ4n) is 2.56. The van der Waals surface area contributed by atoms with Gasteiger partial charge in [0.25, 0.3) is 11.6 Å². The Balaban J connectivity index is 1.59. The minimum absolute atomic E-state index is 0.0781. The predicted octanol–water partition coefficient (Wildman–Crippen LogP) is 4.06. The monoisotopic (exact) mass is 395 g/mol. The van der Waals surface area contributed by atoms with E-state index in [1.54, 1.807) is 25.3 Å². The number of nitrogens with one attached hydrogen (secondary N) is 1.